The van der Waals surface area contributed by atoms with Gasteiger partial charge < -0.3 is 10.2 Å². The molecule has 7 nitrogen and oxygen atoms in total. The van der Waals surface area contributed by atoms with Crippen LogP contribution < -0.4 is 5.56 Å². The van der Waals surface area contributed by atoms with Gasteiger partial charge in [0.1, 0.15) is 11.4 Å². The summed E-state index contributed by atoms with van der Waals surface area (Å²) >= 11 is 0. The summed E-state index contributed by atoms with van der Waals surface area (Å²) in [5.74, 6) is -1.95. The fourth-order valence-electron chi connectivity index (χ4n) is 2.22. The Balaban J connectivity index is 2.81. The van der Waals surface area contributed by atoms with Crippen LogP contribution in [-0.4, -0.2) is 29.2 Å². The van der Waals surface area contributed by atoms with Crippen molar-refractivity contribution < 1.29 is 23.4 Å². The van der Waals surface area contributed by atoms with Crippen molar-refractivity contribution in [1.29, 1.82) is 0 Å². The first-order valence-corrected chi connectivity index (χ1v) is 8.25. The third kappa shape index (κ3) is 3.11. The van der Waals surface area contributed by atoms with Crippen LogP contribution in [0.15, 0.2) is 51.0 Å². The topological polar surface area (TPSA) is 114 Å². The summed E-state index contributed by atoms with van der Waals surface area (Å²) in [7, 11) is -4.12. The normalized spacial score (nSPS) is 11.3. The number of benzene rings is 1. The summed E-state index contributed by atoms with van der Waals surface area (Å²) in [6, 6.07) is 8.49. The van der Waals surface area contributed by atoms with Crippen molar-refractivity contribution >= 4 is 15.8 Å². The highest BCUT2D eigenvalue weighted by atomic mass is 32.2. The summed E-state index contributed by atoms with van der Waals surface area (Å²) in [6.07, 6.45) is 0.193. The minimum Gasteiger partial charge on any atom is -0.494 e. The van der Waals surface area contributed by atoms with Gasteiger partial charge in [-0.1, -0.05) is 25.1 Å². The standard InChI is InChI=1S/C15H15NO6S/c1-2-10-8-12(17)16(9-13(18)19)15(20)14(10)23(21,22)11-6-4-3-5-7-11/h3-8,17H,2,9H2,1H3,(H,18,19). The van der Waals surface area contributed by atoms with E-state index >= 15 is 0 Å². The molecule has 0 fully saturated rings. The number of carbonyl (C=O) groups is 1. The molecule has 0 spiro atoms. The number of hydrogen-bond donors (Lipinski definition) is 2. The van der Waals surface area contributed by atoms with Gasteiger partial charge in [-0.25, -0.2) is 8.42 Å². The molecule has 0 radical (unpaired) electrons. The summed E-state index contributed by atoms with van der Waals surface area (Å²) in [5, 5.41) is 18.7. The van der Waals surface area contributed by atoms with Gasteiger partial charge in [0.2, 0.25) is 9.84 Å². The van der Waals surface area contributed by atoms with E-state index in [4.69, 9.17) is 5.11 Å². The van der Waals surface area contributed by atoms with Gasteiger partial charge in [-0.15, -0.1) is 0 Å². The second-order valence-corrected chi connectivity index (χ2v) is 6.70. The molecule has 2 rings (SSSR count). The maximum Gasteiger partial charge on any atom is 0.323 e. The van der Waals surface area contributed by atoms with Crippen LogP contribution in [0.1, 0.15) is 12.5 Å². The summed E-state index contributed by atoms with van der Waals surface area (Å²) in [4.78, 5) is 22.7. The molecule has 0 atom stereocenters. The number of aliphatic carboxylic acids is 1. The number of rotatable bonds is 5. The van der Waals surface area contributed by atoms with Crippen molar-refractivity contribution in [2.24, 2.45) is 0 Å². The van der Waals surface area contributed by atoms with E-state index in [1.807, 2.05) is 0 Å². The van der Waals surface area contributed by atoms with Crippen LogP contribution in [0.3, 0.4) is 0 Å². The first kappa shape index (κ1) is 16.8. The SMILES string of the molecule is CCc1cc(O)n(CC(=O)O)c(=O)c1S(=O)(=O)c1ccccc1. The Bertz CT molecular complexity index is 900. The van der Waals surface area contributed by atoms with Gasteiger partial charge in [0.15, 0.2) is 5.88 Å². The lowest BCUT2D eigenvalue weighted by molar-refractivity contribution is -0.137. The zero-order chi connectivity index (χ0) is 17.2. The molecule has 2 N–H and O–H groups in total. The largest absolute Gasteiger partial charge is 0.494 e. The molecule has 0 amide bonds. The number of pyridine rings is 1. The fraction of sp³-hybridized carbons (Fsp3) is 0.200. The summed E-state index contributed by atoms with van der Waals surface area (Å²) in [5.41, 5.74) is -0.911. The lowest BCUT2D eigenvalue weighted by Crippen LogP contribution is -2.30. The second-order valence-electron chi connectivity index (χ2n) is 4.81. The Kier molecular flexibility index (Phi) is 4.55. The van der Waals surface area contributed by atoms with Gasteiger partial charge in [-0.2, -0.15) is 0 Å². The highest BCUT2D eigenvalue weighted by Crippen LogP contribution is 2.24. The number of aryl methyl sites for hydroxylation is 1. The summed E-state index contributed by atoms with van der Waals surface area (Å²) in [6.45, 7) is 0.811. The van der Waals surface area contributed by atoms with E-state index < -0.39 is 38.7 Å². The van der Waals surface area contributed by atoms with Gasteiger partial charge in [-0.3, -0.25) is 14.2 Å². The smallest absolute Gasteiger partial charge is 0.323 e. The van der Waals surface area contributed by atoms with E-state index in [0.29, 0.717) is 4.57 Å². The van der Waals surface area contributed by atoms with Crippen LogP contribution in [0.25, 0.3) is 0 Å². The number of carboxylic acid groups (broad SMARTS) is 1. The number of aromatic hydroxyl groups is 1. The molecule has 0 bridgehead atoms. The molecule has 0 saturated carbocycles. The number of nitrogens with zero attached hydrogens (tertiary/aromatic N) is 1. The predicted molar refractivity (Wildman–Crippen MR) is 81.3 cm³/mol. The van der Waals surface area contributed by atoms with Gasteiger partial charge in [0.25, 0.3) is 5.56 Å². The quantitative estimate of drug-likeness (QED) is 0.842. The number of carboxylic acids is 1. The van der Waals surface area contributed by atoms with Gasteiger partial charge in [-0.05, 0) is 24.1 Å². The van der Waals surface area contributed by atoms with Crippen molar-refractivity contribution in [3.63, 3.8) is 0 Å². The molecule has 23 heavy (non-hydrogen) atoms. The van der Waals surface area contributed by atoms with Crippen LogP contribution >= 0.6 is 0 Å². The first-order valence-electron chi connectivity index (χ1n) is 6.76. The molecule has 1 heterocycles. The molecule has 0 aliphatic carbocycles. The predicted octanol–water partition coefficient (Wildman–Crippen LogP) is 1.03. The molecule has 2 aromatic rings. The maximum absolute atomic E-state index is 12.7. The Hall–Kier alpha value is -2.61. The minimum atomic E-state index is -4.12. The zero-order valence-corrected chi connectivity index (χ0v) is 13.1. The highest BCUT2D eigenvalue weighted by Gasteiger charge is 2.27. The monoisotopic (exact) mass is 337 g/mol. The van der Waals surface area contributed by atoms with Crippen molar-refractivity contribution in [2.45, 2.75) is 29.7 Å². The van der Waals surface area contributed by atoms with Crippen molar-refractivity contribution in [3.8, 4) is 5.88 Å². The molecular formula is C15H15NO6S. The molecule has 1 aromatic carbocycles. The third-order valence-corrected chi connectivity index (χ3v) is 5.17. The number of aromatic nitrogens is 1. The lowest BCUT2D eigenvalue weighted by Gasteiger charge is -2.13. The van der Waals surface area contributed by atoms with E-state index in [9.17, 15) is 23.1 Å². The molecule has 8 heteroatoms. The molecule has 1 aromatic heterocycles. The van der Waals surface area contributed by atoms with Crippen molar-refractivity contribution in [2.75, 3.05) is 0 Å². The van der Waals surface area contributed by atoms with Gasteiger partial charge >= 0.3 is 5.97 Å². The Morgan fingerprint density at radius 3 is 2.35 bits per heavy atom. The number of hydrogen-bond acceptors (Lipinski definition) is 5. The number of sulfone groups is 1. The minimum absolute atomic E-state index is 0.0700. The highest BCUT2D eigenvalue weighted by molar-refractivity contribution is 7.91. The third-order valence-electron chi connectivity index (χ3n) is 3.31. The van der Waals surface area contributed by atoms with Crippen LogP contribution in [0.2, 0.25) is 0 Å². The van der Waals surface area contributed by atoms with Crippen LogP contribution in [0.4, 0.5) is 0 Å². The van der Waals surface area contributed by atoms with Gasteiger partial charge in [0.05, 0.1) is 4.90 Å². The van der Waals surface area contributed by atoms with E-state index in [1.54, 1.807) is 13.0 Å². The average molecular weight is 337 g/mol. The molecule has 0 aliphatic rings. The Morgan fingerprint density at radius 1 is 1.22 bits per heavy atom. The molecule has 0 unspecified atom stereocenters. The second kappa shape index (κ2) is 6.25. The summed E-state index contributed by atoms with van der Waals surface area (Å²) < 4.78 is 26.0. The zero-order valence-electron chi connectivity index (χ0n) is 12.3. The maximum atomic E-state index is 12.7. The van der Waals surface area contributed by atoms with Crippen LogP contribution in [-0.2, 0) is 27.6 Å². The van der Waals surface area contributed by atoms with Gasteiger partial charge in [0, 0.05) is 6.07 Å². The molecule has 122 valence electrons. The van der Waals surface area contributed by atoms with Crippen LogP contribution in [0.5, 0.6) is 5.88 Å². The van der Waals surface area contributed by atoms with Crippen LogP contribution in [0, 0.1) is 0 Å². The average Bonchev–Trinajstić information content (AvgIpc) is 2.51. The Labute approximate surface area is 132 Å². The molecule has 0 saturated heterocycles. The van der Waals surface area contributed by atoms with E-state index in [1.165, 1.54) is 24.3 Å². The van der Waals surface area contributed by atoms with E-state index in [2.05, 4.69) is 0 Å². The molecular weight excluding hydrogens is 322 g/mol. The van der Waals surface area contributed by atoms with Crippen molar-refractivity contribution in [1.82, 2.24) is 4.57 Å². The molecule has 0 aliphatic heterocycles. The van der Waals surface area contributed by atoms with E-state index in [-0.39, 0.29) is 16.9 Å². The Morgan fingerprint density at radius 2 is 1.83 bits per heavy atom. The first-order chi connectivity index (χ1) is 10.8. The fourth-order valence-corrected chi connectivity index (χ4v) is 3.86. The van der Waals surface area contributed by atoms with Crippen molar-refractivity contribution in [3.05, 3.63) is 52.3 Å². The van der Waals surface area contributed by atoms with E-state index in [0.717, 1.165) is 6.07 Å². The lowest BCUT2D eigenvalue weighted by atomic mass is 10.2.